The van der Waals surface area contributed by atoms with E-state index in [9.17, 15) is 5.11 Å². The van der Waals surface area contributed by atoms with Crippen LogP contribution >= 0.6 is 0 Å². The molecule has 1 aliphatic heterocycles. The number of phenolic OH excluding ortho intramolecular Hbond substituents is 1. The Morgan fingerprint density at radius 1 is 0.745 bits per heavy atom. The highest BCUT2D eigenvalue weighted by Crippen LogP contribution is 2.28. The lowest BCUT2D eigenvalue weighted by Gasteiger charge is -2.39. The van der Waals surface area contributed by atoms with Gasteiger partial charge in [-0.05, 0) is 79.8 Å². The third-order valence-electron chi connectivity index (χ3n) is 8.01. The number of benzene rings is 2. The molecule has 2 heterocycles. The molecule has 2 aromatic carbocycles. The van der Waals surface area contributed by atoms with E-state index < -0.39 is 35.8 Å². The number of anilines is 1. The quantitative estimate of drug-likeness (QED) is 0.172. The Hall–Kier alpha value is -5.81. The van der Waals surface area contributed by atoms with Gasteiger partial charge in [0.2, 0.25) is 0 Å². The van der Waals surface area contributed by atoms with Gasteiger partial charge in [-0.3, -0.25) is 14.8 Å². The zero-order valence-corrected chi connectivity index (χ0v) is 27.9. The lowest BCUT2D eigenvalue weighted by Crippen LogP contribution is -2.50. The Morgan fingerprint density at radius 2 is 1.33 bits per heavy atom. The standard InChI is InChI=1S/C28H36N4O.3C2H2O4/c1-2-13-31(24-10-8-22-9-11-25(33)21-23(22)20-24)17-14-30-15-18-32(19-16-30)28-7-3-6-27-26(28)5-4-12-29-27;3*3-1(4)2(5)6/h3-7,9,11-12,21,24,33H,2,8,10,13-20H2,1H3;3*(H,3,4)(H,5,6). The van der Waals surface area contributed by atoms with E-state index in [0.717, 1.165) is 64.2 Å². The lowest BCUT2D eigenvalue weighted by molar-refractivity contribution is -0.159. The number of carboxylic acid groups (broad SMARTS) is 6. The fourth-order valence-corrected chi connectivity index (χ4v) is 5.65. The first-order valence-corrected chi connectivity index (χ1v) is 15.9. The Kier molecular flexibility index (Phi) is 16.7. The summed E-state index contributed by atoms with van der Waals surface area (Å²) in [5.41, 5.74) is 5.15. The number of piperazine rings is 1. The van der Waals surface area contributed by atoms with Crippen molar-refractivity contribution in [2.24, 2.45) is 0 Å². The summed E-state index contributed by atoms with van der Waals surface area (Å²) in [4.78, 5) is 67.0. The first-order chi connectivity index (χ1) is 24.1. The van der Waals surface area contributed by atoms with E-state index in [1.54, 1.807) is 0 Å². The van der Waals surface area contributed by atoms with Gasteiger partial charge in [0, 0.05) is 62.6 Å². The minimum atomic E-state index is -1.82. The molecule has 51 heavy (non-hydrogen) atoms. The van der Waals surface area contributed by atoms with Crippen molar-refractivity contribution in [1.82, 2.24) is 14.8 Å². The zero-order valence-electron chi connectivity index (χ0n) is 27.9. The number of hydrogen-bond donors (Lipinski definition) is 7. The molecular formula is C34H42N4O13. The van der Waals surface area contributed by atoms with Crippen molar-refractivity contribution in [3.05, 3.63) is 65.9 Å². The van der Waals surface area contributed by atoms with Crippen LogP contribution in [-0.2, 0) is 41.6 Å². The number of pyridine rings is 1. The van der Waals surface area contributed by atoms with Crippen LogP contribution in [0.4, 0.5) is 5.69 Å². The van der Waals surface area contributed by atoms with Gasteiger partial charge < -0.3 is 40.6 Å². The summed E-state index contributed by atoms with van der Waals surface area (Å²) >= 11 is 0. The van der Waals surface area contributed by atoms with Crippen molar-refractivity contribution in [2.45, 2.75) is 38.6 Å². The van der Waals surface area contributed by atoms with E-state index in [2.05, 4.69) is 56.9 Å². The Bertz CT molecular complexity index is 1580. The molecule has 276 valence electrons. The van der Waals surface area contributed by atoms with Crippen LogP contribution in [0.1, 0.15) is 30.9 Å². The van der Waals surface area contributed by atoms with Gasteiger partial charge in [0.15, 0.2) is 0 Å². The van der Waals surface area contributed by atoms with Gasteiger partial charge in [0.05, 0.1) is 5.52 Å². The molecule has 3 aromatic rings. The Labute approximate surface area is 292 Å². The van der Waals surface area contributed by atoms with Gasteiger partial charge >= 0.3 is 35.8 Å². The van der Waals surface area contributed by atoms with Crippen molar-refractivity contribution in [3.8, 4) is 5.75 Å². The summed E-state index contributed by atoms with van der Waals surface area (Å²) < 4.78 is 0. The lowest BCUT2D eigenvalue weighted by atomic mass is 9.87. The number of phenols is 1. The van der Waals surface area contributed by atoms with Crippen LogP contribution < -0.4 is 4.90 Å². The van der Waals surface area contributed by atoms with Crippen molar-refractivity contribution >= 4 is 52.4 Å². The van der Waals surface area contributed by atoms with Crippen molar-refractivity contribution in [2.75, 3.05) is 50.7 Å². The number of nitrogens with zero attached hydrogens (tertiary/aromatic N) is 4. The number of rotatable bonds is 7. The molecule has 0 spiro atoms. The molecule has 7 N–H and O–H groups in total. The normalized spacial score (nSPS) is 15.0. The molecule has 2 aliphatic rings. The fourth-order valence-electron chi connectivity index (χ4n) is 5.65. The molecule has 1 saturated heterocycles. The molecule has 1 aromatic heterocycles. The monoisotopic (exact) mass is 714 g/mol. The SMILES string of the molecule is CCCN(CCN1CCN(c2cccc3ncccc23)CC1)C1CCc2ccc(O)cc2C1.O=C(O)C(=O)O.O=C(O)C(=O)O.O=C(O)C(=O)O. The van der Waals surface area contributed by atoms with Crippen molar-refractivity contribution in [3.63, 3.8) is 0 Å². The average molecular weight is 715 g/mol. The minimum Gasteiger partial charge on any atom is -0.508 e. The summed E-state index contributed by atoms with van der Waals surface area (Å²) in [7, 11) is 0. The first kappa shape index (κ1) is 41.4. The van der Waals surface area contributed by atoms with Crippen molar-refractivity contribution in [1.29, 1.82) is 0 Å². The first-order valence-electron chi connectivity index (χ1n) is 15.9. The predicted octanol–water partition coefficient (Wildman–Crippen LogP) is 1.80. The highest BCUT2D eigenvalue weighted by molar-refractivity contribution is 6.28. The number of fused-ring (bicyclic) bond motifs is 2. The molecule has 5 rings (SSSR count). The third-order valence-corrected chi connectivity index (χ3v) is 8.01. The van der Waals surface area contributed by atoms with Crippen LogP contribution in [0, 0.1) is 0 Å². The molecule has 17 heteroatoms. The number of carboxylic acids is 6. The topological polar surface area (TPSA) is 267 Å². The van der Waals surface area contributed by atoms with E-state index in [4.69, 9.17) is 59.4 Å². The van der Waals surface area contributed by atoms with Crippen molar-refractivity contribution < 1.29 is 64.5 Å². The van der Waals surface area contributed by atoms with E-state index >= 15 is 0 Å². The molecule has 0 bridgehead atoms. The molecule has 1 aliphatic carbocycles. The molecule has 1 unspecified atom stereocenters. The van der Waals surface area contributed by atoms with Gasteiger partial charge in [0.25, 0.3) is 0 Å². The molecule has 1 fully saturated rings. The van der Waals surface area contributed by atoms with Gasteiger partial charge in [-0.1, -0.05) is 19.1 Å². The predicted molar refractivity (Wildman–Crippen MR) is 182 cm³/mol. The van der Waals surface area contributed by atoms with Crippen LogP contribution in [0.3, 0.4) is 0 Å². The molecule has 0 saturated carbocycles. The Morgan fingerprint density at radius 3 is 1.88 bits per heavy atom. The number of aliphatic carboxylic acids is 6. The molecule has 0 radical (unpaired) electrons. The fraction of sp³-hybridized carbons (Fsp3) is 0.382. The molecule has 0 amide bonds. The van der Waals surface area contributed by atoms with E-state index in [1.165, 1.54) is 35.0 Å². The van der Waals surface area contributed by atoms with Gasteiger partial charge in [0.1, 0.15) is 5.75 Å². The number of hydrogen-bond acceptors (Lipinski definition) is 11. The second kappa shape index (κ2) is 20.6. The van der Waals surface area contributed by atoms with Crippen LogP contribution in [0.25, 0.3) is 10.9 Å². The maximum atomic E-state index is 9.92. The number of aromatic nitrogens is 1. The zero-order chi connectivity index (χ0) is 38.1. The maximum absolute atomic E-state index is 9.92. The number of carbonyl (C=O) groups is 6. The average Bonchev–Trinajstić information content (AvgIpc) is 3.10. The van der Waals surface area contributed by atoms with Gasteiger partial charge in [-0.2, -0.15) is 0 Å². The highest BCUT2D eigenvalue weighted by Gasteiger charge is 2.25. The van der Waals surface area contributed by atoms with Crippen LogP contribution in [0.5, 0.6) is 5.75 Å². The highest BCUT2D eigenvalue weighted by atomic mass is 16.5. The van der Waals surface area contributed by atoms with Crippen LogP contribution in [-0.4, -0.2) is 138 Å². The van der Waals surface area contributed by atoms with Crippen LogP contribution in [0.2, 0.25) is 0 Å². The Balaban J connectivity index is 0.000000414. The second-order valence-electron chi connectivity index (χ2n) is 11.4. The third kappa shape index (κ3) is 13.9. The summed E-state index contributed by atoms with van der Waals surface area (Å²) in [6.07, 6.45) is 6.47. The number of aryl methyl sites for hydroxylation is 1. The van der Waals surface area contributed by atoms with Crippen LogP contribution in [0.15, 0.2) is 54.7 Å². The molecular weight excluding hydrogens is 672 g/mol. The largest absolute Gasteiger partial charge is 0.508 e. The summed E-state index contributed by atoms with van der Waals surface area (Å²) in [5, 5.41) is 55.5. The van der Waals surface area contributed by atoms with E-state index in [-0.39, 0.29) is 0 Å². The van der Waals surface area contributed by atoms with E-state index in [0.29, 0.717) is 11.8 Å². The van der Waals surface area contributed by atoms with Gasteiger partial charge in [-0.15, -0.1) is 0 Å². The maximum Gasteiger partial charge on any atom is 0.414 e. The summed E-state index contributed by atoms with van der Waals surface area (Å²) in [6, 6.07) is 17.2. The molecule has 1 atom stereocenters. The smallest absolute Gasteiger partial charge is 0.414 e. The summed E-state index contributed by atoms with van der Waals surface area (Å²) in [6.45, 7) is 10.1. The van der Waals surface area contributed by atoms with Gasteiger partial charge in [-0.25, -0.2) is 28.8 Å². The summed E-state index contributed by atoms with van der Waals surface area (Å²) in [5.74, 6) is -10.5. The number of aromatic hydroxyl groups is 1. The van der Waals surface area contributed by atoms with E-state index in [1.807, 2.05) is 24.4 Å². The second-order valence-corrected chi connectivity index (χ2v) is 11.4. The minimum absolute atomic E-state index is 0.399. The molecule has 17 nitrogen and oxygen atoms in total.